The first-order valence-electron chi connectivity index (χ1n) is 5.64. The molecule has 0 fully saturated rings. The van der Waals surface area contributed by atoms with Crippen molar-refractivity contribution in [2.75, 3.05) is 0 Å². The molecule has 0 saturated heterocycles. The number of nitrogens with zero attached hydrogens (tertiary/aromatic N) is 2. The molecule has 0 aliphatic heterocycles. The number of hydrogen-bond donors (Lipinski definition) is 0. The van der Waals surface area contributed by atoms with Gasteiger partial charge in [0.2, 0.25) is 0 Å². The molecule has 0 amide bonds. The predicted octanol–water partition coefficient (Wildman–Crippen LogP) is 4.30. The molecule has 0 aliphatic rings. The van der Waals surface area contributed by atoms with E-state index in [4.69, 9.17) is 5.26 Å². The first kappa shape index (κ1) is 13.8. The van der Waals surface area contributed by atoms with E-state index in [1.54, 1.807) is 6.07 Å². The lowest BCUT2D eigenvalue weighted by Crippen LogP contribution is -2.04. The van der Waals surface area contributed by atoms with Gasteiger partial charge in [0, 0.05) is 18.0 Å². The van der Waals surface area contributed by atoms with E-state index in [0.717, 1.165) is 12.1 Å². The van der Waals surface area contributed by atoms with Gasteiger partial charge in [-0.05, 0) is 29.3 Å². The summed E-state index contributed by atoms with van der Waals surface area (Å²) in [6, 6.07) is 8.30. The second-order valence-corrected chi connectivity index (χ2v) is 4.09. The van der Waals surface area contributed by atoms with Crippen LogP contribution < -0.4 is 0 Å². The van der Waals surface area contributed by atoms with E-state index in [9.17, 15) is 13.2 Å². The van der Waals surface area contributed by atoms with Crippen LogP contribution in [-0.2, 0) is 6.18 Å². The van der Waals surface area contributed by atoms with E-state index in [1.807, 2.05) is 6.07 Å². The molecule has 0 spiro atoms. The standard InChI is InChI=1S/C15H9F3N2/c1-10(8-19)14-9-20-7-6-13(14)11-2-4-12(5-3-11)15(16,17)18/h2-7,9H,1H2. The number of alkyl halides is 3. The fourth-order valence-electron chi connectivity index (χ4n) is 1.79. The zero-order chi connectivity index (χ0) is 14.8. The third-order valence-corrected chi connectivity index (χ3v) is 2.80. The number of aromatic nitrogens is 1. The Morgan fingerprint density at radius 2 is 1.80 bits per heavy atom. The predicted molar refractivity (Wildman–Crippen MR) is 69.3 cm³/mol. The number of hydrogen-bond acceptors (Lipinski definition) is 2. The van der Waals surface area contributed by atoms with Gasteiger partial charge in [-0.3, -0.25) is 4.98 Å². The second kappa shape index (κ2) is 5.17. The third-order valence-electron chi connectivity index (χ3n) is 2.80. The molecule has 2 aromatic rings. The van der Waals surface area contributed by atoms with Crippen molar-refractivity contribution in [3.05, 3.63) is 60.4 Å². The molecule has 0 atom stereocenters. The lowest BCUT2D eigenvalue weighted by molar-refractivity contribution is -0.137. The van der Waals surface area contributed by atoms with Crippen LogP contribution in [0.15, 0.2) is 49.3 Å². The fraction of sp³-hybridized carbons (Fsp3) is 0.0667. The van der Waals surface area contributed by atoms with Crippen LogP contribution in [0.1, 0.15) is 11.1 Å². The Kier molecular flexibility index (Phi) is 3.57. The van der Waals surface area contributed by atoms with Crippen molar-refractivity contribution in [1.82, 2.24) is 4.98 Å². The van der Waals surface area contributed by atoms with Gasteiger partial charge >= 0.3 is 6.18 Å². The average molecular weight is 274 g/mol. The molecule has 2 nitrogen and oxygen atoms in total. The number of halogens is 3. The molecule has 0 aliphatic carbocycles. The van der Waals surface area contributed by atoms with Gasteiger partial charge in [-0.25, -0.2) is 0 Å². The molecule has 1 aromatic carbocycles. The Hall–Kier alpha value is -2.61. The Morgan fingerprint density at radius 3 is 2.35 bits per heavy atom. The number of benzene rings is 1. The lowest BCUT2D eigenvalue weighted by atomic mass is 9.97. The van der Waals surface area contributed by atoms with E-state index in [0.29, 0.717) is 16.7 Å². The quantitative estimate of drug-likeness (QED) is 0.765. The minimum Gasteiger partial charge on any atom is -0.264 e. The van der Waals surface area contributed by atoms with Crippen molar-refractivity contribution in [3.63, 3.8) is 0 Å². The van der Waals surface area contributed by atoms with E-state index < -0.39 is 11.7 Å². The molecule has 20 heavy (non-hydrogen) atoms. The van der Waals surface area contributed by atoms with Crippen LogP contribution in [0.4, 0.5) is 13.2 Å². The van der Waals surface area contributed by atoms with Crippen molar-refractivity contribution in [3.8, 4) is 17.2 Å². The van der Waals surface area contributed by atoms with E-state index in [-0.39, 0.29) is 5.57 Å². The molecule has 0 N–H and O–H groups in total. The van der Waals surface area contributed by atoms with Crippen LogP contribution in [-0.4, -0.2) is 4.98 Å². The SMILES string of the molecule is C=C(C#N)c1cnccc1-c1ccc(C(F)(F)F)cc1. The molecular weight excluding hydrogens is 265 g/mol. The molecule has 0 unspecified atom stereocenters. The van der Waals surface area contributed by atoms with Crippen LogP contribution in [0.3, 0.4) is 0 Å². The fourth-order valence-corrected chi connectivity index (χ4v) is 1.79. The molecule has 1 aromatic heterocycles. The first-order chi connectivity index (χ1) is 9.43. The van der Waals surface area contributed by atoms with E-state index in [1.165, 1.54) is 24.5 Å². The maximum absolute atomic E-state index is 12.5. The Labute approximate surface area is 113 Å². The van der Waals surface area contributed by atoms with Crippen LogP contribution >= 0.6 is 0 Å². The van der Waals surface area contributed by atoms with Crippen molar-refractivity contribution in [1.29, 1.82) is 5.26 Å². The highest BCUT2D eigenvalue weighted by atomic mass is 19.4. The minimum absolute atomic E-state index is 0.216. The molecular formula is C15H9F3N2. The zero-order valence-electron chi connectivity index (χ0n) is 10.3. The maximum Gasteiger partial charge on any atom is 0.416 e. The highest BCUT2D eigenvalue weighted by molar-refractivity contribution is 5.85. The summed E-state index contributed by atoms with van der Waals surface area (Å²) in [6.45, 7) is 3.61. The largest absolute Gasteiger partial charge is 0.416 e. The topological polar surface area (TPSA) is 36.7 Å². The molecule has 5 heteroatoms. The van der Waals surface area contributed by atoms with Crippen molar-refractivity contribution < 1.29 is 13.2 Å². The number of allylic oxidation sites excluding steroid dienone is 1. The summed E-state index contributed by atoms with van der Waals surface area (Å²) in [7, 11) is 0. The first-order valence-corrected chi connectivity index (χ1v) is 5.64. The monoisotopic (exact) mass is 274 g/mol. The summed E-state index contributed by atoms with van der Waals surface area (Å²) < 4.78 is 37.6. The van der Waals surface area contributed by atoms with Gasteiger partial charge in [0.1, 0.15) is 0 Å². The number of pyridine rings is 1. The molecule has 0 saturated carbocycles. The lowest BCUT2D eigenvalue weighted by Gasteiger charge is -2.10. The minimum atomic E-state index is -4.37. The van der Waals surface area contributed by atoms with Crippen LogP contribution in [0.5, 0.6) is 0 Å². The summed E-state index contributed by atoms with van der Waals surface area (Å²) in [5.74, 6) is 0. The summed E-state index contributed by atoms with van der Waals surface area (Å²) in [4.78, 5) is 3.90. The van der Waals surface area contributed by atoms with Gasteiger partial charge in [-0.1, -0.05) is 18.7 Å². The van der Waals surface area contributed by atoms with Crippen molar-refractivity contribution in [2.24, 2.45) is 0 Å². The van der Waals surface area contributed by atoms with Crippen molar-refractivity contribution in [2.45, 2.75) is 6.18 Å². The molecule has 0 radical (unpaired) electrons. The highest BCUT2D eigenvalue weighted by Gasteiger charge is 2.30. The van der Waals surface area contributed by atoms with E-state index >= 15 is 0 Å². The van der Waals surface area contributed by atoms with Crippen LogP contribution in [0.25, 0.3) is 16.7 Å². The average Bonchev–Trinajstić information content (AvgIpc) is 2.45. The van der Waals surface area contributed by atoms with Crippen LogP contribution in [0, 0.1) is 11.3 Å². The zero-order valence-corrected chi connectivity index (χ0v) is 10.3. The summed E-state index contributed by atoms with van der Waals surface area (Å²) in [5, 5.41) is 8.88. The normalized spacial score (nSPS) is 10.9. The Balaban J connectivity index is 2.48. The van der Waals surface area contributed by atoms with Crippen LogP contribution in [0.2, 0.25) is 0 Å². The Morgan fingerprint density at radius 1 is 1.15 bits per heavy atom. The molecule has 2 rings (SSSR count). The van der Waals surface area contributed by atoms with Gasteiger partial charge in [0.05, 0.1) is 17.2 Å². The Bertz CT molecular complexity index is 680. The second-order valence-electron chi connectivity index (χ2n) is 4.09. The van der Waals surface area contributed by atoms with Gasteiger partial charge in [-0.2, -0.15) is 18.4 Å². The summed E-state index contributed by atoms with van der Waals surface area (Å²) in [5.41, 5.74) is 1.21. The number of rotatable bonds is 2. The maximum atomic E-state index is 12.5. The van der Waals surface area contributed by atoms with Gasteiger partial charge in [0.25, 0.3) is 0 Å². The summed E-state index contributed by atoms with van der Waals surface area (Å²) >= 11 is 0. The smallest absolute Gasteiger partial charge is 0.264 e. The third kappa shape index (κ3) is 2.69. The highest BCUT2D eigenvalue weighted by Crippen LogP contribution is 2.32. The number of nitriles is 1. The molecule has 0 bridgehead atoms. The van der Waals surface area contributed by atoms with Gasteiger partial charge < -0.3 is 0 Å². The van der Waals surface area contributed by atoms with Crippen molar-refractivity contribution >= 4 is 5.57 Å². The van der Waals surface area contributed by atoms with Gasteiger partial charge in [0.15, 0.2) is 0 Å². The van der Waals surface area contributed by atoms with E-state index in [2.05, 4.69) is 11.6 Å². The molecule has 100 valence electrons. The summed E-state index contributed by atoms with van der Waals surface area (Å²) in [6.07, 6.45) is -1.38. The van der Waals surface area contributed by atoms with Gasteiger partial charge in [-0.15, -0.1) is 0 Å². The molecule has 1 heterocycles.